The summed E-state index contributed by atoms with van der Waals surface area (Å²) in [5.41, 5.74) is 0. The van der Waals surface area contributed by atoms with Crippen molar-refractivity contribution in [1.82, 2.24) is 0 Å². The van der Waals surface area contributed by atoms with Crippen LogP contribution in [0.15, 0.2) is 0 Å². The normalized spacial score (nSPS) is 30.0. The molecule has 0 bridgehead atoms. The Hall–Kier alpha value is -0.120. The van der Waals surface area contributed by atoms with Crippen molar-refractivity contribution in [1.29, 1.82) is 0 Å². The van der Waals surface area contributed by atoms with Crippen molar-refractivity contribution in [2.45, 2.75) is 31.5 Å². The molecule has 0 spiro atoms. The summed E-state index contributed by atoms with van der Waals surface area (Å²) >= 11 is 0. The summed E-state index contributed by atoms with van der Waals surface area (Å²) in [5.74, 6) is 0. The monoisotopic (exact) mass is 146 g/mol. The molecule has 1 unspecified atom stereocenters. The van der Waals surface area contributed by atoms with E-state index in [0.29, 0.717) is 0 Å². The molecule has 1 fully saturated rings. The number of rotatable bonds is 2. The number of aliphatic hydroxyl groups excluding tert-OH is 2. The zero-order valence-corrected chi connectivity index (χ0v) is 5.99. The van der Waals surface area contributed by atoms with Crippen LogP contribution in [0.1, 0.15) is 19.3 Å². The molecule has 0 aromatic rings. The van der Waals surface area contributed by atoms with E-state index in [1.54, 1.807) is 0 Å². The average Bonchev–Trinajstić information content (AvgIpc) is 2.05. The minimum atomic E-state index is -0.680. The molecule has 10 heavy (non-hydrogen) atoms. The van der Waals surface area contributed by atoms with Gasteiger partial charge < -0.3 is 14.9 Å². The standard InChI is InChI=1S/C7H14O3/c8-5-6(9)7-3-1-2-4-10-7/h6-9H,1-5H2/t6-,7?/m0/s1. The van der Waals surface area contributed by atoms with Crippen LogP contribution in [0, 0.1) is 0 Å². The molecule has 2 N–H and O–H groups in total. The molecule has 60 valence electrons. The minimum Gasteiger partial charge on any atom is -0.394 e. The Kier molecular flexibility index (Phi) is 3.12. The maximum absolute atomic E-state index is 9.11. The Balaban J connectivity index is 2.24. The molecule has 3 heteroatoms. The first-order valence-corrected chi connectivity index (χ1v) is 3.75. The molecule has 1 aliphatic heterocycles. The van der Waals surface area contributed by atoms with E-state index in [4.69, 9.17) is 14.9 Å². The third-order valence-electron chi connectivity index (χ3n) is 1.83. The number of hydrogen-bond acceptors (Lipinski definition) is 3. The van der Waals surface area contributed by atoms with Crippen LogP contribution in [0.3, 0.4) is 0 Å². The van der Waals surface area contributed by atoms with Gasteiger partial charge in [-0.15, -0.1) is 0 Å². The van der Waals surface area contributed by atoms with Crippen LogP contribution in [0.25, 0.3) is 0 Å². The van der Waals surface area contributed by atoms with E-state index in [1.165, 1.54) is 0 Å². The Morgan fingerprint density at radius 1 is 1.50 bits per heavy atom. The molecule has 3 nitrogen and oxygen atoms in total. The topological polar surface area (TPSA) is 49.7 Å². The molecule has 0 saturated carbocycles. The van der Waals surface area contributed by atoms with Gasteiger partial charge in [0.25, 0.3) is 0 Å². The molecular weight excluding hydrogens is 132 g/mol. The fraction of sp³-hybridized carbons (Fsp3) is 1.00. The van der Waals surface area contributed by atoms with E-state index in [0.717, 1.165) is 25.9 Å². The van der Waals surface area contributed by atoms with Crippen molar-refractivity contribution >= 4 is 0 Å². The van der Waals surface area contributed by atoms with Gasteiger partial charge in [-0.05, 0) is 19.3 Å². The van der Waals surface area contributed by atoms with Gasteiger partial charge >= 0.3 is 0 Å². The van der Waals surface area contributed by atoms with Crippen molar-refractivity contribution < 1.29 is 14.9 Å². The van der Waals surface area contributed by atoms with Crippen LogP contribution in [-0.4, -0.2) is 35.6 Å². The molecule has 0 aromatic heterocycles. The minimum absolute atomic E-state index is 0.126. The predicted octanol–water partition coefficient (Wildman–Crippen LogP) is -0.0913. The molecule has 1 heterocycles. The highest BCUT2D eigenvalue weighted by atomic mass is 16.5. The maximum Gasteiger partial charge on any atom is 0.103 e. The first kappa shape index (κ1) is 7.98. The van der Waals surface area contributed by atoms with Crippen molar-refractivity contribution in [3.8, 4) is 0 Å². The molecule has 1 rings (SSSR count). The maximum atomic E-state index is 9.11. The van der Waals surface area contributed by atoms with Gasteiger partial charge in [-0.3, -0.25) is 0 Å². The van der Waals surface area contributed by atoms with E-state index in [-0.39, 0.29) is 12.7 Å². The van der Waals surface area contributed by atoms with Crippen molar-refractivity contribution in [3.63, 3.8) is 0 Å². The predicted molar refractivity (Wildman–Crippen MR) is 36.7 cm³/mol. The second kappa shape index (κ2) is 3.91. The summed E-state index contributed by atoms with van der Waals surface area (Å²) in [4.78, 5) is 0. The number of hydrogen-bond donors (Lipinski definition) is 2. The Bertz CT molecular complexity index is 88.9. The lowest BCUT2D eigenvalue weighted by molar-refractivity contribution is -0.0783. The summed E-state index contributed by atoms with van der Waals surface area (Å²) in [6.45, 7) is 0.534. The summed E-state index contributed by atoms with van der Waals surface area (Å²) < 4.78 is 5.22. The summed E-state index contributed by atoms with van der Waals surface area (Å²) in [6, 6.07) is 0. The van der Waals surface area contributed by atoms with Gasteiger partial charge in [0.1, 0.15) is 6.10 Å². The summed E-state index contributed by atoms with van der Waals surface area (Å²) in [5, 5.41) is 17.7. The lowest BCUT2D eigenvalue weighted by Gasteiger charge is -2.25. The zero-order chi connectivity index (χ0) is 7.40. The summed E-state index contributed by atoms with van der Waals surface area (Å²) in [7, 11) is 0. The third-order valence-corrected chi connectivity index (χ3v) is 1.83. The average molecular weight is 146 g/mol. The SMILES string of the molecule is OC[C@H](O)C1CCCCO1. The lowest BCUT2D eigenvalue weighted by Crippen LogP contribution is -2.34. The van der Waals surface area contributed by atoms with Gasteiger partial charge in [-0.1, -0.05) is 0 Å². The number of ether oxygens (including phenoxy) is 1. The Morgan fingerprint density at radius 2 is 2.30 bits per heavy atom. The largest absolute Gasteiger partial charge is 0.394 e. The second-order valence-corrected chi connectivity index (χ2v) is 2.65. The first-order valence-electron chi connectivity index (χ1n) is 3.75. The van der Waals surface area contributed by atoms with Crippen LogP contribution >= 0.6 is 0 Å². The Morgan fingerprint density at radius 3 is 2.80 bits per heavy atom. The van der Waals surface area contributed by atoms with Gasteiger partial charge in [-0.25, -0.2) is 0 Å². The van der Waals surface area contributed by atoms with Gasteiger partial charge in [0, 0.05) is 6.61 Å². The molecule has 0 amide bonds. The van der Waals surface area contributed by atoms with E-state index in [9.17, 15) is 0 Å². The van der Waals surface area contributed by atoms with Crippen LogP contribution in [0.4, 0.5) is 0 Å². The van der Waals surface area contributed by atoms with Gasteiger partial charge in [0.05, 0.1) is 12.7 Å². The highest BCUT2D eigenvalue weighted by Crippen LogP contribution is 2.15. The molecule has 0 radical (unpaired) electrons. The molecular formula is C7H14O3. The van der Waals surface area contributed by atoms with Crippen LogP contribution < -0.4 is 0 Å². The molecule has 0 aromatic carbocycles. The zero-order valence-electron chi connectivity index (χ0n) is 5.99. The van der Waals surface area contributed by atoms with Crippen LogP contribution in [0.5, 0.6) is 0 Å². The molecule has 1 saturated heterocycles. The van der Waals surface area contributed by atoms with E-state index in [2.05, 4.69) is 0 Å². The quantitative estimate of drug-likeness (QED) is 0.572. The van der Waals surface area contributed by atoms with Gasteiger partial charge in [0.2, 0.25) is 0 Å². The van der Waals surface area contributed by atoms with E-state index >= 15 is 0 Å². The lowest BCUT2D eigenvalue weighted by atomic mass is 10.1. The smallest absolute Gasteiger partial charge is 0.103 e. The molecule has 0 aliphatic carbocycles. The van der Waals surface area contributed by atoms with Crippen molar-refractivity contribution in [2.75, 3.05) is 13.2 Å². The number of aliphatic hydroxyl groups is 2. The van der Waals surface area contributed by atoms with Crippen LogP contribution in [0.2, 0.25) is 0 Å². The molecule has 1 aliphatic rings. The van der Waals surface area contributed by atoms with Gasteiger partial charge in [0.15, 0.2) is 0 Å². The fourth-order valence-corrected chi connectivity index (χ4v) is 1.19. The first-order chi connectivity index (χ1) is 4.84. The van der Waals surface area contributed by atoms with Crippen molar-refractivity contribution in [2.24, 2.45) is 0 Å². The van der Waals surface area contributed by atoms with Crippen molar-refractivity contribution in [3.05, 3.63) is 0 Å². The van der Waals surface area contributed by atoms with E-state index in [1.807, 2.05) is 0 Å². The van der Waals surface area contributed by atoms with Crippen LogP contribution in [-0.2, 0) is 4.74 Å². The molecule has 2 atom stereocenters. The van der Waals surface area contributed by atoms with E-state index < -0.39 is 6.10 Å². The fourth-order valence-electron chi connectivity index (χ4n) is 1.19. The Labute approximate surface area is 60.6 Å². The highest BCUT2D eigenvalue weighted by Gasteiger charge is 2.21. The second-order valence-electron chi connectivity index (χ2n) is 2.65. The summed E-state index contributed by atoms with van der Waals surface area (Å²) in [6.07, 6.45) is 2.25. The van der Waals surface area contributed by atoms with Gasteiger partial charge in [-0.2, -0.15) is 0 Å². The third kappa shape index (κ3) is 1.94. The highest BCUT2D eigenvalue weighted by molar-refractivity contribution is 4.70.